The van der Waals surface area contributed by atoms with Gasteiger partial charge in [-0.1, -0.05) is 74.0 Å². The lowest BCUT2D eigenvalue weighted by molar-refractivity contribution is 0.312. The zero-order chi connectivity index (χ0) is 18.2. The lowest BCUT2D eigenvalue weighted by Crippen LogP contribution is -2.13. The lowest BCUT2D eigenvalue weighted by Gasteiger charge is -2.28. The van der Waals surface area contributed by atoms with Gasteiger partial charge in [-0.2, -0.15) is 0 Å². The molecule has 0 saturated heterocycles. The molecule has 0 aliphatic heterocycles. The van der Waals surface area contributed by atoms with Crippen molar-refractivity contribution in [1.82, 2.24) is 0 Å². The molecule has 0 aromatic heterocycles. The predicted octanol–water partition coefficient (Wildman–Crippen LogP) is 7.94. The summed E-state index contributed by atoms with van der Waals surface area (Å²) in [7, 11) is 0. The summed E-state index contributed by atoms with van der Waals surface area (Å²) in [5, 5.41) is 0. The third-order valence-corrected chi connectivity index (χ3v) is 6.03. The van der Waals surface area contributed by atoms with E-state index in [4.69, 9.17) is 0 Å². The lowest BCUT2D eigenvalue weighted by atomic mass is 9.77. The SMILES string of the molecule is CC=CCC[C@H]1CC[C@H](c2ccc(-c3ccc(CCC)cc3)cc2)CC1. The summed E-state index contributed by atoms with van der Waals surface area (Å²) in [6.45, 7) is 4.36. The van der Waals surface area contributed by atoms with Crippen LogP contribution in [0.4, 0.5) is 0 Å². The normalized spacial score (nSPS) is 20.5. The second-order valence-corrected chi connectivity index (χ2v) is 7.93. The minimum Gasteiger partial charge on any atom is -0.0917 e. The van der Waals surface area contributed by atoms with E-state index in [0.29, 0.717) is 0 Å². The van der Waals surface area contributed by atoms with Crippen LogP contribution in [0.2, 0.25) is 0 Å². The summed E-state index contributed by atoms with van der Waals surface area (Å²) in [6.07, 6.45) is 15.1. The van der Waals surface area contributed by atoms with Gasteiger partial charge in [-0.15, -0.1) is 0 Å². The summed E-state index contributed by atoms with van der Waals surface area (Å²) >= 11 is 0. The molecule has 1 fully saturated rings. The minimum atomic E-state index is 0.772. The molecule has 0 atom stereocenters. The third-order valence-electron chi connectivity index (χ3n) is 6.03. The number of allylic oxidation sites excluding steroid dienone is 2. The van der Waals surface area contributed by atoms with E-state index in [-0.39, 0.29) is 0 Å². The number of hydrogen-bond donors (Lipinski definition) is 0. The van der Waals surface area contributed by atoms with Crippen molar-refractivity contribution in [2.24, 2.45) is 5.92 Å². The summed E-state index contributed by atoms with van der Waals surface area (Å²) in [5.41, 5.74) is 5.67. The summed E-state index contributed by atoms with van der Waals surface area (Å²) < 4.78 is 0. The standard InChI is InChI=1S/C26H34/c1-3-5-6-8-22-11-15-24(16-12-22)26-19-17-25(18-20-26)23-13-9-21(7-4-2)10-14-23/h3,5,9-10,13-14,17-20,22,24H,4,6-8,11-12,15-16H2,1-2H3/t22-,24-. The topological polar surface area (TPSA) is 0 Å². The number of benzene rings is 2. The summed E-state index contributed by atoms with van der Waals surface area (Å²) in [6, 6.07) is 18.5. The first-order valence-electron chi connectivity index (χ1n) is 10.6. The quantitative estimate of drug-likeness (QED) is 0.446. The number of aryl methyl sites for hydroxylation is 1. The van der Waals surface area contributed by atoms with Gasteiger partial charge in [0.1, 0.15) is 0 Å². The Bertz CT molecular complexity index is 667. The first-order valence-corrected chi connectivity index (χ1v) is 10.6. The highest BCUT2D eigenvalue weighted by Gasteiger charge is 2.21. The Kier molecular flexibility index (Phi) is 7.12. The van der Waals surface area contributed by atoms with E-state index < -0.39 is 0 Å². The van der Waals surface area contributed by atoms with Gasteiger partial charge in [0.25, 0.3) is 0 Å². The van der Waals surface area contributed by atoms with E-state index in [1.807, 2.05) is 0 Å². The van der Waals surface area contributed by atoms with Crippen molar-refractivity contribution in [3.63, 3.8) is 0 Å². The zero-order valence-corrected chi connectivity index (χ0v) is 16.6. The van der Waals surface area contributed by atoms with Crippen molar-refractivity contribution in [2.45, 2.75) is 71.1 Å². The zero-order valence-electron chi connectivity index (χ0n) is 16.6. The Balaban J connectivity index is 1.56. The van der Waals surface area contributed by atoms with Gasteiger partial charge >= 0.3 is 0 Å². The molecule has 0 heteroatoms. The van der Waals surface area contributed by atoms with Crippen LogP contribution >= 0.6 is 0 Å². The van der Waals surface area contributed by atoms with Gasteiger partial charge in [0, 0.05) is 0 Å². The first-order chi connectivity index (χ1) is 12.8. The second-order valence-electron chi connectivity index (χ2n) is 7.93. The predicted molar refractivity (Wildman–Crippen MR) is 115 cm³/mol. The molecule has 0 bridgehead atoms. The molecule has 0 spiro atoms. The molecule has 0 nitrogen and oxygen atoms in total. The molecule has 0 unspecified atom stereocenters. The van der Waals surface area contributed by atoms with E-state index in [0.717, 1.165) is 11.8 Å². The monoisotopic (exact) mass is 346 g/mol. The molecule has 3 rings (SSSR count). The molecule has 2 aromatic rings. The smallest absolute Gasteiger partial charge is 0.0162 e. The van der Waals surface area contributed by atoms with Crippen LogP contribution in [0.5, 0.6) is 0 Å². The molecule has 0 radical (unpaired) electrons. The van der Waals surface area contributed by atoms with E-state index in [9.17, 15) is 0 Å². The Morgan fingerprint density at radius 2 is 1.46 bits per heavy atom. The van der Waals surface area contributed by atoms with Gasteiger partial charge in [0.05, 0.1) is 0 Å². The minimum absolute atomic E-state index is 0.772. The van der Waals surface area contributed by atoms with Crippen molar-refractivity contribution < 1.29 is 0 Å². The molecule has 0 N–H and O–H groups in total. The average Bonchev–Trinajstić information content (AvgIpc) is 2.70. The Morgan fingerprint density at radius 1 is 0.846 bits per heavy atom. The molecule has 0 amide bonds. The van der Waals surface area contributed by atoms with Crippen LogP contribution in [0.25, 0.3) is 11.1 Å². The van der Waals surface area contributed by atoms with Crippen LogP contribution in [0.3, 0.4) is 0 Å². The number of rotatable bonds is 7. The molecule has 138 valence electrons. The maximum absolute atomic E-state index is 2.38. The van der Waals surface area contributed by atoms with E-state index in [1.54, 1.807) is 5.56 Å². The summed E-state index contributed by atoms with van der Waals surface area (Å²) in [4.78, 5) is 0. The molecule has 2 aromatic carbocycles. The highest BCUT2D eigenvalue weighted by molar-refractivity contribution is 5.64. The highest BCUT2D eigenvalue weighted by atomic mass is 14.3. The van der Waals surface area contributed by atoms with Crippen LogP contribution in [-0.2, 0) is 6.42 Å². The second kappa shape index (κ2) is 9.76. The largest absolute Gasteiger partial charge is 0.0917 e. The molecule has 1 saturated carbocycles. The van der Waals surface area contributed by atoms with Gasteiger partial charge in [-0.05, 0) is 86.0 Å². The van der Waals surface area contributed by atoms with Crippen molar-refractivity contribution >= 4 is 0 Å². The number of hydrogen-bond acceptors (Lipinski definition) is 0. The van der Waals surface area contributed by atoms with Crippen LogP contribution in [0.1, 0.15) is 75.8 Å². The Morgan fingerprint density at radius 3 is 2.04 bits per heavy atom. The van der Waals surface area contributed by atoms with Gasteiger partial charge < -0.3 is 0 Å². The average molecular weight is 347 g/mol. The van der Waals surface area contributed by atoms with Gasteiger partial charge in [-0.3, -0.25) is 0 Å². The van der Waals surface area contributed by atoms with E-state index >= 15 is 0 Å². The van der Waals surface area contributed by atoms with Gasteiger partial charge in [0.2, 0.25) is 0 Å². The molecular formula is C26H34. The van der Waals surface area contributed by atoms with Gasteiger partial charge in [-0.25, -0.2) is 0 Å². The fourth-order valence-corrected chi connectivity index (χ4v) is 4.38. The molecule has 26 heavy (non-hydrogen) atoms. The maximum Gasteiger partial charge on any atom is -0.0162 e. The van der Waals surface area contributed by atoms with Crippen molar-refractivity contribution in [3.8, 4) is 11.1 Å². The van der Waals surface area contributed by atoms with E-state index in [1.165, 1.54) is 68.1 Å². The van der Waals surface area contributed by atoms with Crippen molar-refractivity contribution in [3.05, 3.63) is 71.8 Å². The summed E-state index contributed by atoms with van der Waals surface area (Å²) in [5.74, 6) is 1.72. The maximum atomic E-state index is 2.38. The van der Waals surface area contributed by atoms with Crippen molar-refractivity contribution in [2.75, 3.05) is 0 Å². The molecule has 1 aliphatic carbocycles. The highest BCUT2D eigenvalue weighted by Crippen LogP contribution is 2.38. The van der Waals surface area contributed by atoms with Crippen LogP contribution in [0, 0.1) is 5.92 Å². The molecular weight excluding hydrogens is 312 g/mol. The fraction of sp³-hybridized carbons (Fsp3) is 0.462. The third kappa shape index (κ3) is 5.10. The van der Waals surface area contributed by atoms with Gasteiger partial charge in [0.15, 0.2) is 0 Å². The molecule has 1 aliphatic rings. The van der Waals surface area contributed by atoms with Crippen LogP contribution in [0.15, 0.2) is 60.7 Å². The van der Waals surface area contributed by atoms with Crippen LogP contribution < -0.4 is 0 Å². The fourth-order valence-electron chi connectivity index (χ4n) is 4.38. The Hall–Kier alpha value is -1.82. The van der Waals surface area contributed by atoms with E-state index in [2.05, 4.69) is 74.5 Å². The van der Waals surface area contributed by atoms with Crippen LogP contribution in [-0.4, -0.2) is 0 Å². The first kappa shape index (κ1) is 19.0. The molecule has 0 heterocycles. The Labute approximate surface area is 160 Å². The van der Waals surface area contributed by atoms with Crippen molar-refractivity contribution in [1.29, 1.82) is 0 Å².